The molecule has 0 bridgehead atoms. The van der Waals surface area contributed by atoms with Crippen molar-refractivity contribution in [2.45, 2.75) is 124 Å². The van der Waals surface area contributed by atoms with E-state index in [0.29, 0.717) is 5.75 Å². The van der Waals surface area contributed by atoms with Crippen LogP contribution in [0.4, 0.5) is 4.79 Å². The highest BCUT2D eigenvalue weighted by atomic mass is 32.2. The molecule has 0 heterocycles. The van der Waals surface area contributed by atoms with Gasteiger partial charge in [-0.2, -0.15) is 11.8 Å². The molecule has 1 aliphatic rings. The van der Waals surface area contributed by atoms with Crippen molar-refractivity contribution in [1.29, 1.82) is 0 Å². The highest BCUT2D eigenvalue weighted by molar-refractivity contribution is 7.99. The number of allylic oxidation sites excluding steroid dienone is 5. The van der Waals surface area contributed by atoms with Crippen LogP contribution in [-0.2, 0) is 14.3 Å². The van der Waals surface area contributed by atoms with E-state index in [2.05, 4.69) is 56.6 Å². The maximum absolute atomic E-state index is 13.2. The van der Waals surface area contributed by atoms with Gasteiger partial charge < -0.3 is 20.5 Å². The number of carbonyl (C=O) groups excluding carboxylic acids is 2. The molecule has 1 rings (SSSR count). The van der Waals surface area contributed by atoms with E-state index in [-0.39, 0.29) is 11.7 Å². The summed E-state index contributed by atoms with van der Waals surface area (Å²) in [6, 6.07) is -1.85. The molecule has 3 N–H and O–H groups in total. The van der Waals surface area contributed by atoms with E-state index in [1.54, 1.807) is 20.8 Å². The van der Waals surface area contributed by atoms with Gasteiger partial charge in [-0.1, -0.05) is 54.2 Å². The van der Waals surface area contributed by atoms with Gasteiger partial charge in [-0.25, -0.2) is 9.59 Å². The van der Waals surface area contributed by atoms with Gasteiger partial charge in [-0.3, -0.25) is 4.79 Å². The third kappa shape index (κ3) is 16.5. The highest BCUT2D eigenvalue weighted by Crippen LogP contribution is 2.27. The molecule has 0 radical (unpaired) electrons. The van der Waals surface area contributed by atoms with E-state index in [4.69, 9.17) is 4.74 Å². The van der Waals surface area contributed by atoms with Crippen molar-refractivity contribution in [2.75, 3.05) is 11.5 Å². The minimum Gasteiger partial charge on any atom is -0.480 e. The standard InChI is InChI=1S/C31H52N2O5S/c1-22(2)13-11-14-23(3)15-12-16-24(4)19-20-39-21-26(29(35)36)32-28(34)27(25-17-9-8-10-18-25)33-30(37)38-31(5,6)7/h13,15,19,25-27H,8-12,14,16-18,20-21H2,1-7H3,(H,32,34)(H,33,37)(H,35,36)/t26-,27-/m0/s1. The Morgan fingerprint density at radius 3 is 2.08 bits per heavy atom. The van der Waals surface area contributed by atoms with Gasteiger partial charge in [0.05, 0.1) is 0 Å². The second kappa shape index (κ2) is 18.2. The fourth-order valence-corrected chi connectivity index (χ4v) is 5.46. The molecule has 2 amide bonds. The summed E-state index contributed by atoms with van der Waals surface area (Å²) in [6.45, 7) is 13.8. The van der Waals surface area contributed by atoms with E-state index < -0.39 is 35.7 Å². The lowest BCUT2D eigenvalue weighted by molar-refractivity contribution is -0.141. The predicted molar refractivity (Wildman–Crippen MR) is 162 cm³/mol. The molecule has 222 valence electrons. The monoisotopic (exact) mass is 564 g/mol. The highest BCUT2D eigenvalue weighted by Gasteiger charge is 2.34. The average Bonchev–Trinajstić information content (AvgIpc) is 2.83. The van der Waals surface area contributed by atoms with Crippen molar-refractivity contribution in [1.82, 2.24) is 10.6 Å². The molecule has 8 heteroatoms. The zero-order valence-electron chi connectivity index (χ0n) is 25.2. The molecule has 7 nitrogen and oxygen atoms in total. The molecule has 1 fully saturated rings. The zero-order valence-corrected chi connectivity index (χ0v) is 26.0. The first kappa shape index (κ1) is 34.8. The van der Waals surface area contributed by atoms with Crippen LogP contribution < -0.4 is 10.6 Å². The van der Waals surface area contributed by atoms with Gasteiger partial charge >= 0.3 is 12.1 Å². The molecule has 1 aliphatic carbocycles. The number of carboxylic acid groups (broad SMARTS) is 1. The summed E-state index contributed by atoms with van der Waals surface area (Å²) in [5, 5.41) is 15.2. The van der Waals surface area contributed by atoms with Crippen molar-refractivity contribution in [3.05, 3.63) is 34.9 Å². The summed E-state index contributed by atoms with van der Waals surface area (Å²) in [5.41, 5.74) is 3.34. The summed E-state index contributed by atoms with van der Waals surface area (Å²) < 4.78 is 5.37. The molecule has 2 atom stereocenters. The number of nitrogens with one attached hydrogen (secondary N) is 2. The summed E-state index contributed by atoms with van der Waals surface area (Å²) in [6.07, 6.45) is 14.9. The van der Waals surface area contributed by atoms with Gasteiger partial charge in [0.25, 0.3) is 0 Å². The number of rotatable bonds is 15. The minimum absolute atomic E-state index is 0.0381. The largest absolute Gasteiger partial charge is 0.480 e. The predicted octanol–water partition coefficient (Wildman–Crippen LogP) is 7.18. The Bertz CT molecular complexity index is 878. The fourth-order valence-electron chi connectivity index (χ4n) is 4.46. The first-order valence-electron chi connectivity index (χ1n) is 14.3. The molecular formula is C31H52N2O5S. The van der Waals surface area contributed by atoms with Crippen molar-refractivity contribution in [3.8, 4) is 0 Å². The van der Waals surface area contributed by atoms with Gasteiger partial charge in [0, 0.05) is 11.5 Å². The normalized spacial score (nSPS) is 16.7. The lowest BCUT2D eigenvalue weighted by atomic mass is 9.83. The number of aliphatic carboxylic acids is 1. The summed E-state index contributed by atoms with van der Waals surface area (Å²) in [4.78, 5) is 37.6. The van der Waals surface area contributed by atoms with E-state index in [0.717, 1.165) is 57.8 Å². The SMILES string of the molecule is CC(C)=CCCC(C)=CCCC(C)=CCSC[C@H](NC(=O)[C@@H](NC(=O)OC(C)(C)C)C1CCCCC1)C(=O)O. The summed E-state index contributed by atoms with van der Waals surface area (Å²) in [5.74, 6) is -0.650. The molecule has 0 aromatic heterocycles. The van der Waals surface area contributed by atoms with E-state index in [9.17, 15) is 19.5 Å². The number of carboxylic acids is 1. The van der Waals surface area contributed by atoms with Gasteiger partial charge in [0.1, 0.15) is 17.7 Å². The number of hydrogen-bond donors (Lipinski definition) is 3. The fraction of sp³-hybridized carbons (Fsp3) is 0.710. The van der Waals surface area contributed by atoms with Crippen molar-refractivity contribution >= 4 is 29.7 Å². The molecule has 0 aliphatic heterocycles. The summed E-state index contributed by atoms with van der Waals surface area (Å²) in [7, 11) is 0. The van der Waals surface area contributed by atoms with Crippen molar-refractivity contribution in [3.63, 3.8) is 0 Å². The first-order valence-corrected chi connectivity index (χ1v) is 15.5. The third-order valence-corrected chi connectivity index (χ3v) is 7.62. The van der Waals surface area contributed by atoms with E-state index in [1.807, 2.05) is 0 Å². The molecule has 39 heavy (non-hydrogen) atoms. The second-order valence-corrected chi connectivity index (χ2v) is 13.0. The maximum atomic E-state index is 13.2. The maximum Gasteiger partial charge on any atom is 0.408 e. The van der Waals surface area contributed by atoms with Crippen LogP contribution in [0, 0.1) is 5.92 Å². The Kier molecular flexibility index (Phi) is 16.2. The smallest absolute Gasteiger partial charge is 0.408 e. The van der Waals surface area contributed by atoms with Crippen LogP contribution in [0.5, 0.6) is 0 Å². The molecule has 0 saturated heterocycles. The summed E-state index contributed by atoms with van der Waals surface area (Å²) >= 11 is 1.48. The van der Waals surface area contributed by atoms with Gasteiger partial charge in [0.2, 0.25) is 5.91 Å². The number of alkyl carbamates (subject to hydrolysis) is 1. The van der Waals surface area contributed by atoms with E-state index in [1.165, 1.54) is 28.5 Å². The molecule has 0 spiro atoms. The van der Waals surface area contributed by atoms with Crippen LogP contribution in [0.1, 0.15) is 106 Å². The van der Waals surface area contributed by atoms with Crippen LogP contribution in [0.25, 0.3) is 0 Å². The van der Waals surface area contributed by atoms with Crippen LogP contribution in [0.15, 0.2) is 34.9 Å². The second-order valence-electron chi connectivity index (χ2n) is 11.9. The number of amides is 2. The van der Waals surface area contributed by atoms with Crippen LogP contribution in [-0.4, -0.2) is 52.3 Å². The zero-order chi connectivity index (χ0) is 29.4. The Morgan fingerprint density at radius 1 is 0.923 bits per heavy atom. The molecular weight excluding hydrogens is 512 g/mol. The topological polar surface area (TPSA) is 105 Å². The van der Waals surface area contributed by atoms with E-state index >= 15 is 0 Å². The van der Waals surface area contributed by atoms with Gasteiger partial charge in [-0.15, -0.1) is 0 Å². The number of hydrogen-bond acceptors (Lipinski definition) is 5. The van der Waals surface area contributed by atoms with Crippen LogP contribution >= 0.6 is 11.8 Å². The third-order valence-electron chi connectivity index (χ3n) is 6.65. The van der Waals surface area contributed by atoms with Gasteiger partial charge in [-0.05, 0) is 92.9 Å². The molecule has 0 aromatic carbocycles. The Balaban J connectivity index is 2.62. The molecule has 1 saturated carbocycles. The van der Waals surface area contributed by atoms with Crippen molar-refractivity contribution in [2.24, 2.45) is 5.92 Å². The molecule has 0 unspecified atom stereocenters. The minimum atomic E-state index is -1.08. The molecule has 0 aromatic rings. The average molecular weight is 565 g/mol. The van der Waals surface area contributed by atoms with Gasteiger partial charge in [0.15, 0.2) is 0 Å². The number of carbonyl (C=O) groups is 3. The number of thioether (sulfide) groups is 1. The number of ether oxygens (including phenoxy) is 1. The Morgan fingerprint density at radius 2 is 1.51 bits per heavy atom. The quantitative estimate of drug-likeness (QED) is 0.144. The lowest BCUT2D eigenvalue weighted by Crippen LogP contribution is -2.56. The Labute approximate surface area is 240 Å². The van der Waals surface area contributed by atoms with Crippen LogP contribution in [0.2, 0.25) is 0 Å². The van der Waals surface area contributed by atoms with Crippen molar-refractivity contribution < 1.29 is 24.2 Å². The lowest BCUT2D eigenvalue weighted by Gasteiger charge is -2.31. The van der Waals surface area contributed by atoms with Crippen LogP contribution in [0.3, 0.4) is 0 Å². The Hall–Kier alpha value is -2.22. The first-order chi connectivity index (χ1) is 18.3.